The lowest BCUT2D eigenvalue weighted by Crippen LogP contribution is -2.22. The molecule has 0 spiro atoms. The number of hydrogen-bond donors (Lipinski definition) is 0. The van der Waals surface area contributed by atoms with Crippen LogP contribution in [-0.4, -0.2) is 19.3 Å². The quantitative estimate of drug-likeness (QED) is 0.712. The molecule has 0 amide bonds. The molecule has 0 unspecified atom stereocenters. The molecule has 0 saturated heterocycles. The smallest absolute Gasteiger partial charge is 0.252 e. The Hall–Kier alpha value is -2.43. The van der Waals surface area contributed by atoms with Crippen LogP contribution in [0.25, 0.3) is 11.0 Å². The Bertz CT molecular complexity index is 830. The number of pyridine rings is 2. The highest BCUT2D eigenvalue weighted by Gasteiger charge is 2.14. The van der Waals surface area contributed by atoms with Crippen LogP contribution < -0.4 is 5.56 Å². The number of aromatic nitrogens is 4. The monoisotopic (exact) mass is 268 g/mol. The SMILES string of the molecule is Cc1cc(=O)n(Cc2ccncc2)c2c1c(C)nn2C. The van der Waals surface area contributed by atoms with Crippen molar-refractivity contribution in [3.05, 3.63) is 57.8 Å². The molecular formula is C15H16N4O. The summed E-state index contributed by atoms with van der Waals surface area (Å²) in [5.41, 5.74) is 3.83. The van der Waals surface area contributed by atoms with Gasteiger partial charge in [-0.1, -0.05) is 0 Å². The lowest BCUT2D eigenvalue weighted by atomic mass is 10.1. The summed E-state index contributed by atoms with van der Waals surface area (Å²) in [6, 6.07) is 5.51. The van der Waals surface area contributed by atoms with Gasteiger partial charge >= 0.3 is 0 Å². The number of rotatable bonds is 2. The Morgan fingerprint density at radius 3 is 2.60 bits per heavy atom. The van der Waals surface area contributed by atoms with Crippen molar-refractivity contribution in [2.75, 3.05) is 0 Å². The zero-order valence-corrected chi connectivity index (χ0v) is 11.8. The van der Waals surface area contributed by atoms with Gasteiger partial charge in [-0.15, -0.1) is 0 Å². The van der Waals surface area contributed by atoms with Gasteiger partial charge < -0.3 is 0 Å². The van der Waals surface area contributed by atoms with Gasteiger partial charge in [-0.05, 0) is 37.1 Å². The van der Waals surface area contributed by atoms with Crippen LogP contribution in [0.2, 0.25) is 0 Å². The van der Waals surface area contributed by atoms with Gasteiger partial charge in [-0.25, -0.2) is 0 Å². The van der Waals surface area contributed by atoms with E-state index in [-0.39, 0.29) is 5.56 Å². The van der Waals surface area contributed by atoms with Gasteiger partial charge in [0.25, 0.3) is 5.56 Å². The van der Waals surface area contributed by atoms with E-state index >= 15 is 0 Å². The number of hydrogen-bond acceptors (Lipinski definition) is 3. The zero-order valence-electron chi connectivity index (χ0n) is 11.8. The van der Waals surface area contributed by atoms with Crippen LogP contribution in [0.3, 0.4) is 0 Å². The summed E-state index contributed by atoms with van der Waals surface area (Å²) in [5, 5.41) is 5.50. The first-order chi connectivity index (χ1) is 9.58. The van der Waals surface area contributed by atoms with E-state index in [4.69, 9.17) is 0 Å². The Labute approximate surface area is 116 Å². The average molecular weight is 268 g/mol. The van der Waals surface area contributed by atoms with E-state index in [9.17, 15) is 4.79 Å². The number of nitrogens with zero attached hydrogens (tertiary/aromatic N) is 4. The molecule has 0 aliphatic heterocycles. The summed E-state index contributed by atoms with van der Waals surface area (Å²) in [7, 11) is 1.87. The Balaban J connectivity index is 2.28. The van der Waals surface area contributed by atoms with Crippen molar-refractivity contribution in [2.24, 2.45) is 7.05 Å². The first kappa shape index (κ1) is 12.6. The van der Waals surface area contributed by atoms with Gasteiger partial charge in [0.1, 0.15) is 5.65 Å². The van der Waals surface area contributed by atoms with Crippen LogP contribution in [0.5, 0.6) is 0 Å². The molecule has 0 bridgehead atoms. The largest absolute Gasteiger partial charge is 0.288 e. The van der Waals surface area contributed by atoms with Crippen molar-refractivity contribution >= 4 is 11.0 Å². The third kappa shape index (κ3) is 1.91. The lowest BCUT2D eigenvalue weighted by Gasteiger charge is -2.10. The molecule has 3 aromatic rings. The van der Waals surface area contributed by atoms with Gasteiger partial charge in [0, 0.05) is 30.9 Å². The third-order valence-corrected chi connectivity index (χ3v) is 3.54. The molecular weight excluding hydrogens is 252 g/mol. The van der Waals surface area contributed by atoms with Crippen LogP contribution in [-0.2, 0) is 13.6 Å². The summed E-state index contributed by atoms with van der Waals surface area (Å²) in [6.07, 6.45) is 3.47. The van der Waals surface area contributed by atoms with Crippen molar-refractivity contribution in [3.63, 3.8) is 0 Å². The van der Waals surface area contributed by atoms with Gasteiger partial charge in [0.05, 0.1) is 12.2 Å². The minimum Gasteiger partial charge on any atom is -0.288 e. The van der Waals surface area contributed by atoms with Crippen molar-refractivity contribution in [2.45, 2.75) is 20.4 Å². The minimum atomic E-state index is -0.00480. The highest BCUT2D eigenvalue weighted by Crippen LogP contribution is 2.20. The van der Waals surface area contributed by atoms with Crippen LogP contribution in [0.1, 0.15) is 16.8 Å². The summed E-state index contributed by atoms with van der Waals surface area (Å²) in [4.78, 5) is 16.3. The van der Waals surface area contributed by atoms with Crippen LogP contribution in [0.15, 0.2) is 35.4 Å². The predicted molar refractivity (Wildman–Crippen MR) is 77.8 cm³/mol. The first-order valence-electron chi connectivity index (χ1n) is 6.50. The molecule has 0 aliphatic carbocycles. The number of aryl methyl sites for hydroxylation is 3. The second-order valence-corrected chi connectivity index (χ2v) is 5.01. The number of fused-ring (bicyclic) bond motifs is 1. The van der Waals surface area contributed by atoms with E-state index < -0.39 is 0 Å². The molecule has 0 saturated carbocycles. The fraction of sp³-hybridized carbons (Fsp3) is 0.267. The van der Waals surface area contributed by atoms with Crippen molar-refractivity contribution in [1.82, 2.24) is 19.3 Å². The van der Waals surface area contributed by atoms with E-state index in [0.29, 0.717) is 6.54 Å². The molecule has 3 heterocycles. The molecule has 0 N–H and O–H groups in total. The average Bonchev–Trinajstić information content (AvgIpc) is 2.71. The maximum atomic E-state index is 12.3. The highest BCUT2D eigenvalue weighted by molar-refractivity contribution is 5.82. The fourth-order valence-electron chi connectivity index (χ4n) is 2.68. The van der Waals surface area contributed by atoms with E-state index in [0.717, 1.165) is 27.9 Å². The molecule has 0 atom stereocenters. The van der Waals surface area contributed by atoms with Crippen LogP contribution in [0.4, 0.5) is 0 Å². The molecule has 0 fully saturated rings. The molecule has 0 radical (unpaired) electrons. The van der Waals surface area contributed by atoms with Crippen molar-refractivity contribution in [3.8, 4) is 0 Å². The Morgan fingerprint density at radius 2 is 1.90 bits per heavy atom. The lowest BCUT2D eigenvalue weighted by molar-refractivity contribution is 0.708. The van der Waals surface area contributed by atoms with Gasteiger partial charge in [0.15, 0.2) is 0 Å². The van der Waals surface area contributed by atoms with E-state index in [1.165, 1.54) is 0 Å². The summed E-state index contributed by atoms with van der Waals surface area (Å²) in [5.74, 6) is 0. The third-order valence-electron chi connectivity index (χ3n) is 3.54. The highest BCUT2D eigenvalue weighted by atomic mass is 16.1. The maximum absolute atomic E-state index is 12.3. The second kappa shape index (κ2) is 4.59. The standard InChI is InChI=1S/C15H16N4O/c1-10-8-13(20)19(9-12-4-6-16-7-5-12)15-14(10)11(2)17-18(15)3/h4-8H,9H2,1-3H3. The molecule has 20 heavy (non-hydrogen) atoms. The second-order valence-electron chi connectivity index (χ2n) is 5.01. The van der Waals surface area contributed by atoms with Gasteiger partial charge in [0.2, 0.25) is 0 Å². The summed E-state index contributed by atoms with van der Waals surface area (Å²) >= 11 is 0. The van der Waals surface area contributed by atoms with Crippen molar-refractivity contribution in [1.29, 1.82) is 0 Å². The van der Waals surface area contributed by atoms with E-state index in [2.05, 4.69) is 10.1 Å². The predicted octanol–water partition coefficient (Wildman–Crippen LogP) is 1.80. The Morgan fingerprint density at radius 1 is 1.20 bits per heavy atom. The van der Waals surface area contributed by atoms with E-state index in [1.807, 2.05) is 33.0 Å². The molecule has 0 aromatic carbocycles. The molecule has 5 heteroatoms. The summed E-state index contributed by atoms with van der Waals surface area (Å²) < 4.78 is 3.54. The van der Waals surface area contributed by atoms with Gasteiger partial charge in [-0.2, -0.15) is 5.10 Å². The molecule has 3 aromatic heterocycles. The van der Waals surface area contributed by atoms with Gasteiger partial charge in [-0.3, -0.25) is 19.0 Å². The normalized spacial score (nSPS) is 11.2. The van der Waals surface area contributed by atoms with E-state index in [1.54, 1.807) is 27.7 Å². The fourth-order valence-corrected chi connectivity index (χ4v) is 2.68. The molecule has 5 nitrogen and oxygen atoms in total. The molecule has 3 rings (SSSR count). The molecule has 102 valence electrons. The maximum Gasteiger partial charge on any atom is 0.252 e. The topological polar surface area (TPSA) is 52.7 Å². The Kier molecular flexibility index (Phi) is 2.89. The zero-order chi connectivity index (χ0) is 14.3. The molecule has 0 aliphatic rings. The van der Waals surface area contributed by atoms with Crippen molar-refractivity contribution < 1.29 is 0 Å². The summed E-state index contributed by atoms with van der Waals surface area (Å²) in [6.45, 7) is 4.45. The first-order valence-corrected chi connectivity index (χ1v) is 6.50. The van der Waals surface area contributed by atoms with Crippen LogP contribution >= 0.6 is 0 Å². The minimum absolute atomic E-state index is 0.00480. The van der Waals surface area contributed by atoms with Crippen LogP contribution in [0, 0.1) is 13.8 Å².